The second-order valence-electron chi connectivity index (χ2n) is 8.61. The molecule has 0 saturated heterocycles. The number of benzene rings is 4. The first-order chi connectivity index (χ1) is 17.6. The molecule has 6 heteroatoms. The van der Waals surface area contributed by atoms with Crippen LogP contribution < -0.4 is 10.1 Å². The fourth-order valence-corrected chi connectivity index (χ4v) is 4.63. The average molecular weight is 480 g/mol. The van der Waals surface area contributed by atoms with Crippen LogP contribution in [0.1, 0.15) is 35.1 Å². The van der Waals surface area contributed by atoms with Gasteiger partial charge in [-0.15, -0.1) is 0 Å². The maximum Gasteiger partial charge on any atom is 0.407 e. The number of para-hydroxylation sites is 1. The molecule has 2 N–H and O–H groups in total. The van der Waals surface area contributed by atoms with Gasteiger partial charge >= 0.3 is 12.1 Å². The number of carbonyl (C=O) groups is 2. The van der Waals surface area contributed by atoms with Crippen LogP contribution >= 0.6 is 0 Å². The largest absolute Gasteiger partial charge is 0.481 e. The van der Waals surface area contributed by atoms with Gasteiger partial charge in [0.1, 0.15) is 18.1 Å². The van der Waals surface area contributed by atoms with Gasteiger partial charge in [0, 0.05) is 5.92 Å². The smallest absolute Gasteiger partial charge is 0.407 e. The summed E-state index contributed by atoms with van der Waals surface area (Å²) in [6, 6.07) is 31.7. The van der Waals surface area contributed by atoms with Crippen LogP contribution in [0.2, 0.25) is 0 Å². The zero-order valence-electron chi connectivity index (χ0n) is 19.5. The van der Waals surface area contributed by atoms with Crippen molar-refractivity contribution in [1.29, 1.82) is 0 Å². The van der Waals surface area contributed by atoms with Gasteiger partial charge in [0.2, 0.25) is 0 Å². The minimum Gasteiger partial charge on any atom is -0.481 e. The lowest BCUT2D eigenvalue weighted by Crippen LogP contribution is -2.31. The Labute approximate surface area is 209 Å². The van der Waals surface area contributed by atoms with Crippen molar-refractivity contribution in [3.8, 4) is 22.6 Å². The zero-order chi connectivity index (χ0) is 24.9. The number of fused-ring (bicyclic) bond motifs is 3. The van der Waals surface area contributed by atoms with Crippen molar-refractivity contribution in [3.05, 3.63) is 120 Å². The van der Waals surface area contributed by atoms with E-state index in [1.165, 1.54) is 0 Å². The molecule has 36 heavy (non-hydrogen) atoms. The van der Waals surface area contributed by atoms with E-state index in [9.17, 15) is 14.7 Å². The molecule has 180 valence electrons. The monoisotopic (exact) mass is 479 g/mol. The highest BCUT2D eigenvalue weighted by molar-refractivity contribution is 5.79. The second-order valence-corrected chi connectivity index (χ2v) is 8.61. The van der Waals surface area contributed by atoms with Gasteiger partial charge in [-0.25, -0.2) is 4.79 Å². The van der Waals surface area contributed by atoms with E-state index in [0.29, 0.717) is 17.1 Å². The third-order valence-electron chi connectivity index (χ3n) is 6.25. The predicted octanol–water partition coefficient (Wildman–Crippen LogP) is 6.53. The molecule has 0 bridgehead atoms. The van der Waals surface area contributed by atoms with E-state index in [-0.39, 0.29) is 18.9 Å². The molecular weight excluding hydrogens is 454 g/mol. The quantitative estimate of drug-likeness (QED) is 0.300. The van der Waals surface area contributed by atoms with Crippen LogP contribution in [0.4, 0.5) is 4.79 Å². The molecular formula is C30H25NO5. The normalized spacial score (nSPS) is 12.8. The number of amides is 1. The van der Waals surface area contributed by atoms with Gasteiger partial charge < -0.3 is 19.9 Å². The molecule has 0 saturated carbocycles. The Morgan fingerprint density at radius 1 is 0.778 bits per heavy atom. The number of ether oxygens (including phenoxy) is 2. The third-order valence-corrected chi connectivity index (χ3v) is 6.25. The number of carbonyl (C=O) groups excluding carboxylic acids is 1. The molecule has 0 aliphatic heterocycles. The SMILES string of the molecule is O=C(O)C[C@@H](NC(=O)OCC1c2ccccc2-c2ccccc21)c1cccc(Oc2ccccc2)c1. The molecule has 4 aromatic rings. The molecule has 0 radical (unpaired) electrons. The summed E-state index contributed by atoms with van der Waals surface area (Å²) in [4.78, 5) is 24.4. The van der Waals surface area contributed by atoms with E-state index in [2.05, 4.69) is 17.4 Å². The number of carboxylic acids is 1. The Hall–Kier alpha value is -4.58. The van der Waals surface area contributed by atoms with Crippen LogP contribution in [0.5, 0.6) is 11.5 Å². The van der Waals surface area contributed by atoms with Gasteiger partial charge in [0.25, 0.3) is 0 Å². The van der Waals surface area contributed by atoms with E-state index >= 15 is 0 Å². The van der Waals surface area contributed by atoms with E-state index in [0.717, 1.165) is 22.3 Å². The molecule has 0 fully saturated rings. The predicted molar refractivity (Wildman–Crippen MR) is 136 cm³/mol. The van der Waals surface area contributed by atoms with E-state index in [1.54, 1.807) is 24.3 Å². The van der Waals surface area contributed by atoms with Crippen molar-refractivity contribution in [2.45, 2.75) is 18.4 Å². The van der Waals surface area contributed by atoms with Crippen LogP contribution in [0.3, 0.4) is 0 Å². The standard InChI is InChI=1S/C30H25NO5/c32-29(33)18-28(20-9-8-12-22(17-20)36-21-10-2-1-3-11-21)31-30(34)35-19-27-25-15-6-4-13-23(25)24-14-5-7-16-26(24)27/h1-17,27-28H,18-19H2,(H,31,34)(H,32,33)/t28-/m1/s1. The Bertz CT molecular complexity index is 1340. The Kier molecular flexibility index (Phi) is 6.67. The first-order valence-electron chi connectivity index (χ1n) is 11.7. The molecule has 0 heterocycles. The molecule has 4 aromatic carbocycles. The van der Waals surface area contributed by atoms with Crippen molar-refractivity contribution in [3.63, 3.8) is 0 Å². The Balaban J connectivity index is 1.29. The molecule has 0 unspecified atom stereocenters. The van der Waals surface area contributed by atoms with Gasteiger partial charge in [-0.2, -0.15) is 0 Å². The number of hydrogen-bond acceptors (Lipinski definition) is 4. The Morgan fingerprint density at radius 2 is 1.39 bits per heavy atom. The van der Waals surface area contributed by atoms with E-state index in [1.807, 2.05) is 66.7 Å². The van der Waals surface area contributed by atoms with Crippen molar-refractivity contribution in [2.75, 3.05) is 6.61 Å². The number of carboxylic acid groups (broad SMARTS) is 1. The molecule has 1 atom stereocenters. The van der Waals surface area contributed by atoms with Gasteiger partial charge in [-0.3, -0.25) is 4.79 Å². The Morgan fingerprint density at radius 3 is 2.06 bits per heavy atom. The summed E-state index contributed by atoms with van der Waals surface area (Å²) in [5, 5.41) is 12.2. The fourth-order valence-electron chi connectivity index (χ4n) is 4.63. The summed E-state index contributed by atoms with van der Waals surface area (Å²) in [6.07, 6.45) is -0.962. The van der Waals surface area contributed by atoms with Gasteiger partial charge in [0.05, 0.1) is 12.5 Å². The summed E-state index contributed by atoms with van der Waals surface area (Å²) in [5.74, 6) is 0.0920. The first kappa shape index (κ1) is 23.2. The number of hydrogen-bond donors (Lipinski definition) is 2. The average Bonchev–Trinajstić information content (AvgIpc) is 3.21. The highest BCUT2D eigenvalue weighted by atomic mass is 16.5. The molecule has 1 aliphatic carbocycles. The molecule has 6 nitrogen and oxygen atoms in total. The van der Waals surface area contributed by atoms with Crippen LogP contribution in [0.15, 0.2) is 103 Å². The van der Waals surface area contributed by atoms with Gasteiger partial charge in [-0.05, 0) is 52.1 Å². The lowest BCUT2D eigenvalue weighted by Gasteiger charge is -2.20. The van der Waals surface area contributed by atoms with Crippen molar-refractivity contribution in [1.82, 2.24) is 5.32 Å². The summed E-state index contributed by atoms with van der Waals surface area (Å²) in [5.41, 5.74) is 5.11. The van der Waals surface area contributed by atoms with Gasteiger partial charge in [0.15, 0.2) is 0 Å². The lowest BCUT2D eigenvalue weighted by molar-refractivity contribution is -0.137. The number of nitrogens with one attached hydrogen (secondary N) is 1. The maximum atomic E-state index is 12.8. The third kappa shape index (κ3) is 5.08. The number of alkyl carbamates (subject to hydrolysis) is 1. The summed E-state index contributed by atoms with van der Waals surface area (Å²) in [6.45, 7) is 0.150. The fraction of sp³-hybridized carbons (Fsp3) is 0.133. The minimum absolute atomic E-state index is 0.0799. The molecule has 5 rings (SSSR count). The maximum absolute atomic E-state index is 12.8. The number of rotatable bonds is 8. The molecule has 0 spiro atoms. The van der Waals surface area contributed by atoms with Crippen LogP contribution in [0.25, 0.3) is 11.1 Å². The zero-order valence-corrected chi connectivity index (χ0v) is 19.5. The lowest BCUT2D eigenvalue weighted by atomic mass is 9.98. The second kappa shape index (κ2) is 10.4. The van der Waals surface area contributed by atoms with Gasteiger partial charge in [-0.1, -0.05) is 78.9 Å². The van der Waals surface area contributed by atoms with Crippen LogP contribution in [-0.2, 0) is 9.53 Å². The van der Waals surface area contributed by atoms with E-state index < -0.39 is 18.1 Å². The molecule has 1 amide bonds. The number of aliphatic carboxylic acids is 1. The van der Waals surface area contributed by atoms with Crippen molar-refractivity contribution < 1.29 is 24.2 Å². The van der Waals surface area contributed by atoms with Crippen LogP contribution in [0, 0.1) is 0 Å². The van der Waals surface area contributed by atoms with E-state index in [4.69, 9.17) is 9.47 Å². The summed E-state index contributed by atoms with van der Waals surface area (Å²) >= 11 is 0. The first-order valence-corrected chi connectivity index (χ1v) is 11.7. The minimum atomic E-state index is -1.03. The summed E-state index contributed by atoms with van der Waals surface area (Å²) < 4.78 is 11.5. The molecule has 0 aromatic heterocycles. The summed E-state index contributed by atoms with van der Waals surface area (Å²) in [7, 11) is 0. The van der Waals surface area contributed by atoms with Crippen molar-refractivity contribution in [2.24, 2.45) is 0 Å². The van der Waals surface area contributed by atoms with Crippen molar-refractivity contribution >= 4 is 12.1 Å². The van der Waals surface area contributed by atoms with Crippen LogP contribution in [-0.4, -0.2) is 23.8 Å². The molecule has 1 aliphatic rings. The highest BCUT2D eigenvalue weighted by Crippen LogP contribution is 2.44. The highest BCUT2D eigenvalue weighted by Gasteiger charge is 2.29. The topological polar surface area (TPSA) is 84.9 Å².